The fourth-order valence-corrected chi connectivity index (χ4v) is 1.11. The highest BCUT2D eigenvalue weighted by atomic mass is 16.3. The lowest BCUT2D eigenvalue weighted by Crippen LogP contribution is -2.07. The molecule has 1 unspecified atom stereocenters. The van der Waals surface area contributed by atoms with Crippen LogP contribution >= 0.6 is 0 Å². The normalized spacial score (nSPS) is 13.1. The maximum atomic E-state index is 9.77. The number of hydrogen-bond donors (Lipinski definition) is 2. The molecule has 0 saturated heterocycles. The van der Waals surface area contributed by atoms with Gasteiger partial charge in [0.05, 0.1) is 6.20 Å². The summed E-state index contributed by atoms with van der Waals surface area (Å²) in [6.07, 6.45) is 3.81. The minimum absolute atomic E-state index is 0.501. The Morgan fingerprint density at radius 2 is 2.46 bits per heavy atom. The van der Waals surface area contributed by atoms with Gasteiger partial charge in [-0.15, -0.1) is 0 Å². The minimum Gasteiger partial charge on any atom is -0.380 e. The van der Waals surface area contributed by atoms with Gasteiger partial charge in [0.15, 0.2) is 5.82 Å². The van der Waals surface area contributed by atoms with Crippen LogP contribution in [0, 0.1) is 0 Å². The first-order valence-corrected chi connectivity index (χ1v) is 3.79. The first kappa shape index (κ1) is 7.93. The molecule has 0 spiro atoms. The summed E-state index contributed by atoms with van der Waals surface area (Å²) in [5.41, 5.74) is 0.677. The van der Waals surface area contributed by atoms with Crippen LogP contribution in [0.2, 0.25) is 0 Å². The van der Waals surface area contributed by atoms with E-state index in [1.807, 2.05) is 0 Å². The van der Waals surface area contributed by atoms with Crippen LogP contribution in [0.1, 0.15) is 17.5 Å². The summed E-state index contributed by atoms with van der Waals surface area (Å²) in [6, 6.07) is 0. The van der Waals surface area contributed by atoms with Crippen molar-refractivity contribution in [2.45, 2.75) is 6.10 Å². The molecule has 2 aromatic heterocycles. The van der Waals surface area contributed by atoms with Gasteiger partial charge in [0, 0.05) is 18.8 Å². The number of aryl methyl sites for hydroxylation is 1. The summed E-state index contributed by atoms with van der Waals surface area (Å²) >= 11 is 0. The van der Waals surface area contributed by atoms with Crippen LogP contribution in [0.4, 0.5) is 0 Å². The van der Waals surface area contributed by atoms with Gasteiger partial charge >= 0.3 is 0 Å². The average Bonchev–Trinajstić information content (AvgIpc) is 2.72. The van der Waals surface area contributed by atoms with E-state index in [0.29, 0.717) is 11.4 Å². The summed E-state index contributed by atoms with van der Waals surface area (Å²) in [5.74, 6) is 0.501. The third kappa shape index (κ3) is 1.31. The van der Waals surface area contributed by atoms with Crippen molar-refractivity contribution >= 4 is 0 Å². The summed E-state index contributed by atoms with van der Waals surface area (Å²) < 4.78 is 1.53. The summed E-state index contributed by atoms with van der Waals surface area (Å²) in [5, 5.41) is 20.0. The Bertz CT molecular complexity index is 379. The van der Waals surface area contributed by atoms with Crippen LogP contribution in [-0.2, 0) is 7.05 Å². The molecule has 6 nitrogen and oxygen atoms in total. The standard InChI is InChI=1S/C7H9N5O/c1-12-7(8-4-11-12)6(13)5-2-9-10-3-5/h2-4,6,13H,1H3,(H,9,10). The van der Waals surface area contributed by atoms with E-state index >= 15 is 0 Å². The second-order valence-corrected chi connectivity index (χ2v) is 2.68. The Hall–Kier alpha value is -1.69. The molecule has 1 atom stereocenters. The Morgan fingerprint density at radius 3 is 3.00 bits per heavy atom. The molecule has 0 bridgehead atoms. The largest absolute Gasteiger partial charge is 0.380 e. The third-order valence-corrected chi connectivity index (χ3v) is 1.83. The summed E-state index contributed by atoms with van der Waals surface area (Å²) in [7, 11) is 1.73. The van der Waals surface area contributed by atoms with Crippen molar-refractivity contribution in [3.8, 4) is 0 Å². The van der Waals surface area contributed by atoms with Crippen molar-refractivity contribution in [2.24, 2.45) is 7.05 Å². The van der Waals surface area contributed by atoms with Gasteiger partial charge in [-0.3, -0.25) is 9.78 Å². The van der Waals surface area contributed by atoms with Gasteiger partial charge in [0.25, 0.3) is 0 Å². The summed E-state index contributed by atoms with van der Waals surface area (Å²) in [4.78, 5) is 3.93. The molecule has 13 heavy (non-hydrogen) atoms. The molecule has 0 aliphatic heterocycles. The zero-order valence-electron chi connectivity index (χ0n) is 7.05. The fraction of sp³-hybridized carbons (Fsp3) is 0.286. The molecule has 68 valence electrons. The molecular formula is C7H9N5O. The second kappa shape index (κ2) is 2.98. The molecule has 0 aliphatic carbocycles. The predicted octanol–water partition coefficient (Wildman–Crippen LogP) is -0.380. The van der Waals surface area contributed by atoms with E-state index in [1.165, 1.54) is 11.0 Å². The highest BCUT2D eigenvalue weighted by Crippen LogP contribution is 2.16. The van der Waals surface area contributed by atoms with Crippen LogP contribution in [0.25, 0.3) is 0 Å². The molecule has 0 aliphatic rings. The van der Waals surface area contributed by atoms with Gasteiger partial charge < -0.3 is 5.11 Å². The zero-order valence-corrected chi connectivity index (χ0v) is 7.05. The minimum atomic E-state index is -0.772. The van der Waals surface area contributed by atoms with Crippen molar-refractivity contribution in [1.29, 1.82) is 0 Å². The van der Waals surface area contributed by atoms with Gasteiger partial charge in [-0.1, -0.05) is 0 Å². The topological polar surface area (TPSA) is 79.6 Å². The SMILES string of the molecule is Cn1ncnc1C(O)c1cn[nH]c1. The number of aliphatic hydroxyl groups is 1. The van der Waals surface area contributed by atoms with Crippen molar-refractivity contribution < 1.29 is 5.11 Å². The lowest BCUT2D eigenvalue weighted by molar-refractivity contribution is 0.204. The Morgan fingerprint density at radius 1 is 1.62 bits per heavy atom. The Labute approximate surface area is 74.2 Å². The van der Waals surface area contributed by atoms with E-state index in [1.54, 1.807) is 19.4 Å². The van der Waals surface area contributed by atoms with E-state index in [-0.39, 0.29) is 0 Å². The first-order valence-electron chi connectivity index (χ1n) is 3.79. The maximum absolute atomic E-state index is 9.77. The molecular weight excluding hydrogens is 170 g/mol. The lowest BCUT2D eigenvalue weighted by Gasteiger charge is -2.05. The first-order chi connectivity index (χ1) is 6.29. The number of aromatic nitrogens is 5. The molecule has 2 rings (SSSR count). The van der Waals surface area contributed by atoms with Crippen LogP contribution in [0.15, 0.2) is 18.7 Å². The van der Waals surface area contributed by atoms with Crippen LogP contribution in [0.3, 0.4) is 0 Å². The maximum Gasteiger partial charge on any atom is 0.160 e. The number of nitrogens with one attached hydrogen (secondary N) is 1. The second-order valence-electron chi connectivity index (χ2n) is 2.68. The fourth-order valence-electron chi connectivity index (χ4n) is 1.11. The van der Waals surface area contributed by atoms with Crippen molar-refractivity contribution in [3.63, 3.8) is 0 Å². The van der Waals surface area contributed by atoms with Crippen LogP contribution in [-0.4, -0.2) is 30.1 Å². The van der Waals surface area contributed by atoms with E-state index in [4.69, 9.17) is 0 Å². The summed E-state index contributed by atoms with van der Waals surface area (Å²) in [6.45, 7) is 0. The Balaban J connectivity index is 2.33. The van der Waals surface area contributed by atoms with Crippen molar-refractivity contribution in [3.05, 3.63) is 30.1 Å². The van der Waals surface area contributed by atoms with E-state index in [2.05, 4.69) is 20.3 Å². The van der Waals surface area contributed by atoms with E-state index in [0.717, 1.165) is 0 Å². The van der Waals surface area contributed by atoms with Gasteiger partial charge in [-0.2, -0.15) is 10.2 Å². The number of H-pyrrole nitrogens is 1. The molecule has 0 fully saturated rings. The number of nitrogens with zero attached hydrogens (tertiary/aromatic N) is 4. The number of hydrogen-bond acceptors (Lipinski definition) is 4. The van der Waals surface area contributed by atoms with Crippen molar-refractivity contribution in [2.75, 3.05) is 0 Å². The van der Waals surface area contributed by atoms with Crippen LogP contribution in [0.5, 0.6) is 0 Å². The molecule has 0 saturated carbocycles. The van der Waals surface area contributed by atoms with Gasteiger partial charge in [0.2, 0.25) is 0 Å². The molecule has 0 radical (unpaired) electrons. The highest BCUT2D eigenvalue weighted by molar-refractivity contribution is 5.15. The van der Waals surface area contributed by atoms with E-state index in [9.17, 15) is 5.11 Å². The quantitative estimate of drug-likeness (QED) is 0.658. The average molecular weight is 179 g/mol. The number of aliphatic hydroxyl groups excluding tert-OH is 1. The van der Waals surface area contributed by atoms with Gasteiger partial charge in [-0.05, 0) is 0 Å². The van der Waals surface area contributed by atoms with Crippen LogP contribution < -0.4 is 0 Å². The van der Waals surface area contributed by atoms with Gasteiger partial charge in [-0.25, -0.2) is 4.98 Å². The lowest BCUT2D eigenvalue weighted by atomic mass is 10.2. The smallest absolute Gasteiger partial charge is 0.160 e. The molecule has 0 amide bonds. The zero-order chi connectivity index (χ0) is 9.26. The molecule has 2 N–H and O–H groups in total. The molecule has 0 aromatic carbocycles. The predicted molar refractivity (Wildman–Crippen MR) is 43.7 cm³/mol. The highest BCUT2D eigenvalue weighted by Gasteiger charge is 2.15. The molecule has 2 aromatic rings. The van der Waals surface area contributed by atoms with Gasteiger partial charge in [0.1, 0.15) is 12.4 Å². The Kier molecular flexibility index (Phi) is 1.82. The monoisotopic (exact) mass is 179 g/mol. The van der Waals surface area contributed by atoms with E-state index < -0.39 is 6.10 Å². The van der Waals surface area contributed by atoms with Crippen molar-refractivity contribution in [1.82, 2.24) is 25.0 Å². The molecule has 2 heterocycles. The number of rotatable bonds is 2. The number of aromatic amines is 1. The molecule has 6 heteroatoms. The third-order valence-electron chi connectivity index (χ3n) is 1.83.